The van der Waals surface area contributed by atoms with Gasteiger partial charge in [-0.3, -0.25) is 14.9 Å². The number of halogens is 1. The monoisotopic (exact) mass is 885 g/mol. The quantitative estimate of drug-likeness (QED) is 0.178. The molecular weight excluding hydrogens is 826 g/mol. The molecule has 1 aromatic carbocycles. The van der Waals surface area contributed by atoms with Crippen LogP contribution in [0.2, 0.25) is 5.02 Å². The molecule has 15 nitrogen and oxygen atoms in total. The molecule has 0 radical (unpaired) electrons. The van der Waals surface area contributed by atoms with Crippen molar-refractivity contribution < 1.29 is 57.4 Å². The average molecular weight is 887 g/mol. The van der Waals surface area contributed by atoms with Crippen LogP contribution < -0.4 is 15.0 Å². The molecule has 2 saturated heterocycles. The zero-order valence-corrected chi connectivity index (χ0v) is 38.3. The van der Waals surface area contributed by atoms with Crippen LogP contribution in [0.4, 0.5) is 10.5 Å². The number of methoxy groups -OCH3 is 4. The number of hydrogen-bond acceptors (Lipinski definition) is 14. The van der Waals surface area contributed by atoms with Crippen LogP contribution in [0.5, 0.6) is 5.75 Å². The predicted molar refractivity (Wildman–Crippen MR) is 228 cm³/mol. The van der Waals surface area contributed by atoms with Crippen molar-refractivity contribution in [2.75, 3.05) is 66.9 Å². The second-order valence-electron chi connectivity index (χ2n) is 16.0. The predicted octanol–water partition coefficient (Wildman–Crippen LogP) is 5.48. The van der Waals surface area contributed by atoms with Gasteiger partial charge in [0.1, 0.15) is 46.3 Å². The topological polar surface area (TPSA) is 172 Å². The van der Waals surface area contributed by atoms with Crippen LogP contribution in [-0.2, 0) is 49.2 Å². The molecule has 6 bridgehead atoms. The van der Waals surface area contributed by atoms with Gasteiger partial charge in [-0.05, 0) is 64.5 Å². The van der Waals surface area contributed by atoms with Crippen LogP contribution in [0, 0.1) is 0 Å². The summed E-state index contributed by atoms with van der Waals surface area (Å²) in [5.74, 6) is -1.13. The molecule has 330 valence electrons. The lowest BCUT2D eigenvalue weighted by atomic mass is 9.72. The van der Waals surface area contributed by atoms with Gasteiger partial charge in [-0.1, -0.05) is 57.0 Å². The summed E-state index contributed by atoms with van der Waals surface area (Å²) in [6.07, 6.45) is 3.90. The van der Waals surface area contributed by atoms with Crippen molar-refractivity contribution in [1.29, 1.82) is 0 Å². The highest BCUT2D eigenvalue weighted by Crippen LogP contribution is 2.50. The highest BCUT2D eigenvalue weighted by Gasteiger charge is 2.63. The standard InChI is InChI=1S/C41H60ClN3O12S2/c1-25-13-12-14-30(54-10)41(50)21-32(56-37(49)43-41)39(4)22-38(3,57-39)31(20-34(47)45(6)28-18-27(17-25)19-29(53-9)35(28)42)55-36(48)26(2)44(5)33(46)15-16-40(23-51-7,24-52-8)59-58-11/h12-14,18-19,26,30-32,50H,15-17,20-24H2,1-11H3,(H,43,49)/b14-12+,25-13+/t26-,30-,31+,32+,38-,39?,41+/m1/s1. The van der Waals surface area contributed by atoms with Gasteiger partial charge in [-0.15, -0.1) is 0 Å². The number of esters is 1. The minimum atomic E-state index is -1.87. The number of likely N-dealkylation sites (N-methyl/N-ethyl adjacent to an activating group) is 1. The number of aliphatic hydroxyl groups is 1. The molecule has 0 aromatic heterocycles. The Labute approximate surface area is 360 Å². The summed E-state index contributed by atoms with van der Waals surface area (Å²) in [5, 5.41) is 14.5. The number of fused-ring (bicyclic) bond motifs is 6. The van der Waals surface area contributed by atoms with Gasteiger partial charge in [0.05, 0.1) is 37.2 Å². The summed E-state index contributed by atoms with van der Waals surface area (Å²) in [5.41, 5.74) is -2.22. The Morgan fingerprint density at radius 1 is 1.15 bits per heavy atom. The number of carbonyl (C=O) groups is 4. The number of benzene rings is 1. The van der Waals surface area contributed by atoms with Gasteiger partial charge in [-0.2, -0.15) is 0 Å². The van der Waals surface area contributed by atoms with Crippen molar-refractivity contribution >= 4 is 62.8 Å². The van der Waals surface area contributed by atoms with E-state index in [1.54, 1.807) is 87.9 Å². The first kappa shape index (κ1) is 48.6. The van der Waals surface area contributed by atoms with E-state index in [0.717, 1.165) is 11.1 Å². The molecule has 0 spiro atoms. The second kappa shape index (κ2) is 20.2. The Bertz CT molecular complexity index is 1740. The number of nitrogens with one attached hydrogen (secondary N) is 1. The maximum Gasteiger partial charge on any atom is 0.409 e. The first-order chi connectivity index (χ1) is 27.7. The van der Waals surface area contributed by atoms with E-state index in [1.807, 2.05) is 19.3 Å². The summed E-state index contributed by atoms with van der Waals surface area (Å²) in [6, 6.07) is 2.54. The van der Waals surface area contributed by atoms with E-state index in [9.17, 15) is 24.3 Å². The van der Waals surface area contributed by atoms with E-state index >= 15 is 0 Å². The van der Waals surface area contributed by atoms with E-state index in [0.29, 0.717) is 37.5 Å². The maximum atomic E-state index is 14.3. The Morgan fingerprint density at radius 2 is 1.81 bits per heavy atom. The van der Waals surface area contributed by atoms with Gasteiger partial charge in [0.15, 0.2) is 5.72 Å². The summed E-state index contributed by atoms with van der Waals surface area (Å²) >= 11 is 6.80. The molecule has 2 N–H and O–H groups in total. The highest BCUT2D eigenvalue weighted by molar-refractivity contribution is 8.77. The number of alkyl carbamates (subject to hydrolysis) is 1. The zero-order valence-electron chi connectivity index (χ0n) is 35.9. The van der Waals surface area contributed by atoms with E-state index in [1.165, 1.54) is 31.1 Å². The van der Waals surface area contributed by atoms with Crippen molar-refractivity contribution in [3.8, 4) is 5.75 Å². The smallest absolute Gasteiger partial charge is 0.409 e. The van der Waals surface area contributed by atoms with Crippen LogP contribution in [0.3, 0.4) is 0 Å². The average Bonchev–Trinajstić information content (AvgIpc) is 3.16. The third-order valence-electron chi connectivity index (χ3n) is 11.3. The first-order valence-corrected chi connectivity index (χ1v) is 22.2. The Kier molecular flexibility index (Phi) is 16.7. The molecule has 3 amide bonds. The van der Waals surface area contributed by atoms with Crippen LogP contribution in [-0.4, -0.2) is 142 Å². The van der Waals surface area contributed by atoms with Crippen molar-refractivity contribution in [3.63, 3.8) is 0 Å². The van der Waals surface area contributed by atoms with E-state index in [2.05, 4.69) is 5.32 Å². The molecule has 2 fully saturated rings. The molecule has 5 rings (SSSR count). The van der Waals surface area contributed by atoms with E-state index in [-0.39, 0.29) is 36.6 Å². The minimum Gasteiger partial charge on any atom is -0.495 e. The first-order valence-electron chi connectivity index (χ1n) is 19.3. The fourth-order valence-corrected chi connectivity index (χ4v) is 10.8. The largest absolute Gasteiger partial charge is 0.495 e. The van der Waals surface area contributed by atoms with Crippen molar-refractivity contribution in [1.82, 2.24) is 10.2 Å². The van der Waals surface area contributed by atoms with Gasteiger partial charge >= 0.3 is 12.1 Å². The van der Waals surface area contributed by atoms with Crippen molar-refractivity contribution in [2.45, 2.75) is 112 Å². The maximum absolute atomic E-state index is 14.3. The molecule has 4 aliphatic heterocycles. The van der Waals surface area contributed by atoms with Crippen LogP contribution in [0.25, 0.3) is 0 Å². The SMILES string of the molecule is COCC(CCC(=O)N(C)[C@H](C)C(=O)O[C@H]1CC(=O)N(C)c2cc(cc(OC)c2Cl)C/C(C)=C/C=C/[C@@H](OC)[C@@]2(O)C[C@H](OC(=O)N2)C2(C)C[C@@]1(C)O2)(COC)SSC. The Balaban J connectivity index is 1.69. The number of amides is 3. The molecule has 7 atom stereocenters. The van der Waals surface area contributed by atoms with Crippen molar-refractivity contribution in [3.05, 3.63) is 46.5 Å². The molecule has 4 heterocycles. The number of anilines is 1. The number of allylic oxidation sites excluding steroid dienone is 3. The summed E-state index contributed by atoms with van der Waals surface area (Å²) in [7, 11) is 12.3. The highest BCUT2D eigenvalue weighted by atomic mass is 35.5. The second-order valence-corrected chi connectivity index (χ2v) is 19.2. The molecule has 18 heteroatoms. The molecular formula is C41H60ClN3O12S2. The van der Waals surface area contributed by atoms with Gasteiger partial charge < -0.3 is 48.1 Å². The lowest BCUT2D eigenvalue weighted by molar-refractivity contribution is -0.328. The number of ether oxygens (including phenoxy) is 7. The number of nitrogens with zero attached hydrogens (tertiary/aromatic N) is 2. The normalized spacial score (nSPS) is 29.5. The molecule has 1 aromatic rings. The Morgan fingerprint density at radius 3 is 2.41 bits per heavy atom. The number of carbonyl (C=O) groups excluding carboxylic acids is 4. The van der Waals surface area contributed by atoms with E-state index < -0.39 is 64.0 Å². The molecule has 4 aliphatic rings. The minimum absolute atomic E-state index is 0.109. The van der Waals surface area contributed by atoms with Gasteiger partial charge in [-0.25, -0.2) is 9.59 Å². The van der Waals surface area contributed by atoms with Gasteiger partial charge in [0.25, 0.3) is 0 Å². The number of rotatable bonds is 14. The zero-order chi connectivity index (χ0) is 43.9. The lowest BCUT2D eigenvalue weighted by Gasteiger charge is -2.59. The third kappa shape index (κ3) is 11.3. The third-order valence-corrected chi connectivity index (χ3v) is 14.2. The molecule has 0 saturated carbocycles. The Hall–Kier alpha value is -3.03. The van der Waals surface area contributed by atoms with Crippen LogP contribution in [0.1, 0.15) is 65.4 Å². The number of hydrogen-bond donors (Lipinski definition) is 2. The molecule has 59 heavy (non-hydrogen) atoms. The van der Waals surface area contributed by atoms with Gasteiger partial charge in [0.2, 0.25) is 11.8 Å². The fourth-order valence-electron chi connectivity index (χ4n) is 8.00. The summed E-state index contributed by atoms with van der Waals surface area (Å²) in [4.78, 5) is 57.5. The van der Waals surface area contributed by atoms with Crippen molar-refractivity contribution in [2.24, 2.45) is 0 Å². The summed E-state index contributed by atoms with van der Waals surface area (Å²) < 4.78 is 40.2. The molecule has 1 unspecified atom stereocenters. The lowest BCUT2D eigenvalue weighted by Crippen LogP contribution is -2.72. The molecule has 0 aliphatic carbocycles. The summed E-state index contributed by atoms with van der Waals surface area (Å²) in [6.45, 7) is 7.64. The van der Waals surface area contributed by atoms with Crippen LogP contribution >= 0.6 is 33.2 Å². The fraction of sp³-hybridized carbons (Fsp3) is 0.659. The van der Waals surface area contributed by atoms with E-state index in [4.69, 9.17) is 44.8 Å². The van der Waals surface area contributed by atoms with Crippen LogP contribution in [0.15, 0.2) is 35.9 Å². The van der Waals surface area contributed by atoms with Gasteiger partial charge in [0, 0.05) is 54.7 Å².